The summed E-state index contributed by atoms with van der Waals surface area (Å²) in [6.45, 7) is 11.3. The lowest BCUT2D eigenvalue weighted by atomic mass is 9.66. The number of hydrogen-bond acceptors (Lipinski definition) is 1. The lowest BCUT2D eigenvalue weighted by Gasteiger charge is -2.37. The van der Waals surface area contributed by atoms with Gasteiger partial charge in [0.1, 0.15) is 5.75 Å². The van der Waals surface area contributed by atoms with Crippen LogP contribution in [0.25, 0.3) is 0 Å². The van der Waals surface area contributed by atoms with Gasteiger partial charge in [-0.2, -0.15) is 0 Å². The minimum absolute atomic E-state index is 0.168. The molecule has 3 rings (SSSR count). The molecule has 0 saturated carbocycles. The first-order valence-electron chi connectivity index (χ1n) is 10.3. The quantitative estimate of drug-likeness (QED) is 0.494. The van der Waals surface area contributed by atoms with Crippen molar-refractivity contribution in [2.45, 2.75) is 58.3 Å². The second-order valence-electron chi connectivity index (χ2n) is 8.72. The lowest BCUT2D eigenvalue weighted by molar-refractivity contribution is 0.460. The maximum Gasteiger partial charge on any atom is 0.119 e. The molecule has 0 saturated heterocycles. The molecule has 0 bridgehead atoms. The molecule has 3 aromatic rings. The van der Waals surface area contributed by atoms with E-state index in [2.05, 4.69) is 101 Å². The fraction of sp³-hybridized carbons (Fsp3) is 0.333. The molecular weight excluding hydrogens is 340 g/mol. The lowest BCUT2D eigenvalue weighted by Crippen LogP contribution is -2.29. The van der Waals surface area contributed by atoms with Gasteiger partial charge in [-0.15, -0.1) is 0 Å². The van der Waals surface area contributed by atoms with Crippen LogP contribution >= 0.6 is 0 Å². The molecule has 0 aliphatic carbocycles. The first-order chi connectivity index (χ1) is 13.3. The third-order valence-electron chi connectivity index (χ3n) is 6.08. The smallest absolute Gasteiger partial charge is 0.119 e. The molecule has 0 aliphatic rings. The number of phenolic OH excluding ortho intramolecular Hbond substituents is 1. The highest BCUT2D eigenvalue weighted by Crippen LogP contribution is 2.45. The van der Waals surface area contributed by atoms with Crippen LogP contribution in [-0.4, -0.2) is 5.11 Å². The topological polar surface area (TPSA) is 20.2 Å². The molecule has 3 aromatic carbocycles. The van der Waals surface area contributed by atoms with Gasteiger partial charge in [0.15, 0.2) is 0 Å². The van der Waals surface area contributed by atoms with E-state index in [1.165, 1.54) is 22.3 Å². The van der Waals surface area contributed by atoms with Crippen LogP contribution in [0.3, 0.4) is 0 Å². The van der Waals surface area contributed by atoms with Crippen molar-refractivity contribution in [3.63, 3.8) is 0 Å². The first-order valence-corrected chi connectivity index (χ1v) is 10.3. The zero-order valence-electron chi connectivity index (χ0n) is 17.8. The molecule has 1 heteroatoms. The zero-order chi connectivity index (χ0) is 20.4. The molecule has 0 radical (unpaired) electrons. The molecule has 0 heterocycles. The van der Waals surface area contributed by atoms with E-state index in [0.29, 0.717) is 5.75 Å². The summed E-state index contributed by atoms with van der Waals surface area (Å²) < 4.78 is 0. The Labute approximate surface area is 170 Å². The predicted molar refractivity (Wildman–Crippen MR) is 119 cm³/mol. The summed E-state index contributed by atoms with van der Waals surface area (Å²) in [6, 6.07) is 25.3. The molecule has 0 unspecified atom stereocenters. The van der Waals surface area contributed by atoms with Gasteiger partial charge in [-0.3, -0.25) is 0 Å². The minimum Gasteiger partial charge on any atom is -0.508 e. The van der Waals surface area contributed by atoms with Crippen molar-refractivity contribution >= 4 is 0 Å². The molecule has 1 N–H and O–H groups in total. The van der Waals surface area contributed by atoms with Crippen molar-refractivity contribution in [3.05, 3.63) is 101 Å². The summed E-state index contributed by atoms with van der Waals surface area (Å²) >= 11 is 0. The van der Waals surface area contributed by atoms with E-state index < -0.39 is 0 Å². The molecular formula is C27H32O. The highest BCUT2D eigenvalue weighted by atomic mass is 16.3. The third-order valence-corrected chi connectivity index (χ3v) is 6.08. The zero-order valence-corrected chi connectivity index (χ0v) is 17.8. The van der Waals surface area contributed by atoms with Crippen LogP contribution in [-0.2, 0) is 17.3 Å². The summed E-state index contributed by atoms with van der Waals surface area (Å²) in [5.74, 6) is 0.411. The fourth-order valence-corrected chi connectivity index (χ4v) is 4.38. The molecule has 1 nitrogen and oxygen atoms in total. The van der Waals surface area contributed by atoms with Crippen molar-refractivity contribution in [1.82, 2.24) is 0 Å². The van der Waals surface area contributed by atoms with Crippen LogP contribution in [0, 0.1) is 0 Å². The highest BCUT2D eigenvalue weighted by Gasteiger charge is 2.35. The van der Waals surface area contributed by atoms with E-state index in [1.807, 2.05) is 6.07 Å². The molecule has 0 aromatic heterocycles. The van der Waals surface area contributed by atoms with E-state index >= 15 is 0 Å². The van der Waals surface area contributed by atoms with Crippen molar-refractivity contribution in [3.8, 4) is 5.75 Å². The van der Waals surface area contributed by atoms with Gasteiger partial charge in [0.2, 0.25) is 0 Å². The van der Waals surface area contributed by atoms with Gasteiger partial charge in [-0.25, -0.2) is 0 Å². The molecule has 0 atom stereocenters. The van der Waals surface area contributed by atoms with Gasteiger partial charge in [-0.05, 0) is 40.3 Å². The summed E-state index contributed by atoms with van der Waals surface area (Å²) in [4.78, 5) is 0. The van der Waals surface area contributed by atoms with Crippen molar-refractivity contribution in [2.24, 2.45) is 0 Å². The number of phenols is 1. The van der Waals surface area contributed by atoms with Crippen LogP contribution < -0.4 is 0 Å². The van der Waals surface area contributed by atoms with Crippen LogP contribution in [0.1, 0.15) is 68.9 Å². The van der Waals surface area contributed by atoms with Gasteiger partial charge >= 0.3 is 0 Å². The summed E-state index contributed by atoms with van der Waals surface area (Å²) in [6.07, 6.45) is 1.87. The van der Waals surface area contributed by atoms with Crippen molar-refractivity contribution in [1.29, 1.82) is 0 Å². The van der Waals surface area contributed by atoms with Crippen LogP contribution in [0.15, 0.2) is 72.8 Å². The summed E-state index contributed by atoms with van der Waals surface area (Å²) in [5.41, 5.74) is 5.79. The van der Waals surface area contributed by atoms with Crippen LogP contribution in [0.5, 0.6) is 5.75 Å². The van der Waals surface area contributed by atoms with Crippen LogP contribution in [0.2, 0.25) is 0 Å². The monoisotopic (exact) mass is 372 g/mol. The average molecular weight is 373 g/mol. The van der Waals surface area contributed by atoms with Gasteiger partial charge in [0.05, 0.1) is 0 Å². The largest absolute Gasteiger partial charge is 0.508 e. The second kappa shape index (κ2) is 7.83. The van der Waals surface area contributed by atoms with E-state index in [4.69, 9.17) is 0 Å². The van der Waals surface area contributed by atoms with Gasteiger partial charge in [-0.1, -0.05) is 108 Å². The van der Waals surface area contributed by atoms with Crippen LogP contribution in [0.4, 0.5) is 0 Å². The summed E-state index contributed by atoms with van der Waals surface area (Å²) in [5, 5.41) is 10.8. The Morgan fingerprint density at radius 1 is 0.679 bits per heavy atom. The Bertz CT molecular complexity index is 921. The van der Waals surface area contributed by atoms with Gasteiger partial charge in [0, 0.05) is 10.8 Å². The normalized spacial score (nSPS) is 12.2. The number of aromatic hydroxyl groups is 1. The van der Waals surface area contributed by atoms with Crippen molar-refractivity contribution < 1.29 is 5.11 Å². The van der Waals surface area contributed by atoms with E-state index in [9.17, 15) is 5.11 Å². The Hall–Kier alpha value is -2.54. The number of hydrogen-bond donors (Lipinski definition) is 1. The molecule has 0 spiro atoms. The number of rotatable bonds is 6. The third kappa shape index (κ3) is 3.58. The Morgan fingerprint density at radius 3 is 1.68 bits per heavy atom. The second-order valence-corrected chi connectivity index (χ2v) is 8.72. The van der Waals surface area contributed by atoms with Crippen molar-refractivity contribution in [2.75, 3.05) is 0 Å². The molecule has 28 heavy (non-hydrogen) atoms. The number of benzene rings is 3. The van der Waals surface area contributed by atoms with E-state index in [1.54, 1.807) is 0 Å². The minimum atomic E-state index is -0.216. The van der Waals surface area contributed by atoms with E-state index in [-0.39, 0.29) is 10.8 Å². The average Bonchev–Trinajstić information content (AvgIpc) is 2.70. The first kappa shape index (κ1) is 20.2. The fourth-order valence-electron chi connectivity index (χ4n) is 4.38. The molecule has 0 fully saturated rings. The standard InChI is InChI=1S/C27H32O/c1-6-13-22-24(28)19-18-23(26(2,3)20-14-9-7-10-15-20)25(22)27(4,5)21-16-11-8-12-17-21/h7-12,14-19,28H,6,13H2,1-5H3. The van der Waals surface area contributed by atoms with Gasteiger partial charge in [0.25, 0.3) is 0 Å². The SMILES string of the molecule is CCCc1c(O)ccc(C(C)(C)c2ccccc2)c1C(C)(C)c1ccccc1. The molecule has 0 aliphatic heterocycles. The predicted octanol–water partition coefficient (Wildman–Crippen LogP) is 7.00. The summed E-state index contributed by atoms with van der Waals surface area (Å²) in [7, 11) is 0. The Morgan fingerprint density at radius 2 is 1.18 bits per heavy atom. The molecule has 146 valence electrons. The highest BCUT2D eigenvalue weighted by molar-refractivity contribution is 5.56. The Kier molecular flexibility index (Phi) is 5.65. The Balaban J connectivity index is 2.32. The molecule has 0 amide bonds. The maximum absolute atomic E-state index is 10.8. The maximum atomic E-state index is 10.8. The van der Waals surface area contributed by atoms with E-state index in [0.717, 1.165) is 18.4 Å². The van der Waals surface area contributed by atoms with Gasteiger partial charge < -0.3 is 5.11 Å².